The van der Waals surface area contributed by atoms with Gasteiger partial charge in [0.25, 0.3) is 0 Å². The van der Waals surface area contributed by atoms with Crippen LogP contribution in [-0.4, -0.2) is 20.6 Å². The molecule has 1 N–H and O–H groups in total. The smallest absolute Gasteiger partial charge is 0.303 e. The fourth-order valence-corrected chi connectivity index (χ4v) is 5.29. The van der Waals surface area contributed by atoms with Crippen molar-refractivity contribution in [2.45, 2.75) is 51.0 Å². The summed E-state index contributed by atoms with van der Waals surface area (Å²) < 4.78 is 2.31. The molecule has 1 aromatic heterocycles. The summed E-state index contributed by atoms with van der Waals surface area (Å²) in [5.74, 6) is 2.92. The molecule has 108 valence electrons. The van der Waals surface area contributed by atoms with Crippen molar-refractivity contribution in [1.29, 1.82) is 0 Å². The monoisotopic (exact) mass is 274 g/mol. The highest BCUT2D eigenvalue weighted by Crippen LogP contribution is 2.58. The van der Waals surface area contributed by atoms with Gasteiger partial charge in [0, 0.05) is 18.7 Å². The fraction of sp³-hybridized carbons (Fsp3) is 0.750. The zero-order valence-corrected chi connectivity index (χ0v) is 11.7. The molecule has 0 spiro atoms. The lowest BCUT2D eigenvalue weighted by molar-refractivity contribution is -0.136. The number of hydrogen-bond acceptors (Lipinski definition) is 2. The highest BCUT2D eigenvalue weighted by molar-refractivity contribution is 5.66. The van der Waals surface area contributed by atoms with Gasteiger partial charge in [-0.05, 0) is 55.8 Å². The van der Waals surface area contributed by atoms with E-state index in [4.69, 9.17) is 5.11 Å². The van der Waals surface area contributed by atoms with Gasteiger partial charge in [-0.25, -0.2) is 4.98 Å². The van der Waals surface area contributed by atoms with Gasteiger partial charge in [0.1, 0.15) is 0 Å². The Morgan fingerprint density at radius 3 is 2.45 bits per heavy atom. The maximum Gasteiger partial charge on any atom is 0.303 e. The maximum absolute atomic E-state index is 10.6. The molecule has 4 aliphatic rings. The van der Waals surface area contributed by atoms with Gasteiger partial charge >= 0.3 is 5.97 Å². The molecule has 1 heterocycles. The van der Waals surface area contributed by atoms with E-state index < -0.39 is 5.97 Å². The van der Waals surface area contributed by atoms with Gasteiger partial charge in [-0.15, -0.1) is 0 Å². The summed E-state index contributed by atoms with van der Waals surface area (Å²) in [6.07, 6.45) is 11.9. The van der Waals surface area contributed by atoms with Crippen LogP contribution in [0.1, 0.15) is 50.3 Å². The first kappa shape index (κ1) is 12.4. The molecule has 0 aromatic carbocycles. The van der Waals surface area contributed by atoms with Crippen LogP contribution in [0.15, 0.2) is 12.5 Å². The van der Waals surface area contributed by atoms with Crippen molar-refractivity contribution in [3.8, 4) is 0 Å². The normalized spacial score (nSPS) is 38.3. The van der Waals surface area contributed by atoms with E-state index in [0.717, 1.165) is 29.4 Å². The Morgan fingerprint density at radius 1 is 1.20 bits per heavy atom. The predicted octanol–water partition coefficient (Wildman–Crippen LogP) is 2.90. The van der Waals surface area contributed by atoms with Gasteiger partial charge in [0.05, 0.1) is 18.4 Å². The standard InChI is InChI=1S/C16H22N2O2/c19-15(20)2-1-14-8-18(9-17-14)16-12-4-10-3-11(6-12)7-13(16)5-10/h8-13,16H,1-7H2,(H,19,20). The zero-order valence-electron chi connectivity index (χ0n) is 11.7. The minimum atomic E-state index is -0.742. The Bertz CT molecular complexity index is 494. The van der Waals surface area contributed by atoms with Crippen LogP contribution in [0.3, 0.4) is 0 Å². The molecule has 4 fully saturated rings. The molecule has 0 saturated heterocycles. The Kier molecular flexibility index (Phi) is 2.86. The molecular weight excluding hydrogens is 252 g/mol. The van der Waals surface area contributed by atoms with Crippen molar-refractivity contribution in [3.63, 3.8) is 0 Å². The molecule has 0 unspecified atom stereocenters. The van der Waals surface area contributed by atoms with Gasteiger partial charge in [-0.1, -0.05) is 0 Å². The van der Waals surface area contributed by atoms with Gasteiger partial charge in [-0.2, -0.15) is 0 Å². The number of carbonyl (C=O) groups is 1. The zero-order chi connectivity index (χ0) is 13.7. The first-order chi connectivity index (χ1) is 9.69. The minimum absolute atomic E-state index is 0.179. The van der Waals surface area contributed by atoms with E-state index in [2.05, 4.69) is 15.7 Å². The number of aromatic nitrogens is 2. The van der Waals surface area contributed by atoms with Crippen LogP contribution in [0.5, 0.6) is 0 Å². The Balaban J connectivity index is 1.51. The second-order valence-electron chi connectivity index (χ2n) is 7.13. The van der Waals surface area contributed by atoms with Crippen LogP contribution in [0.25, 0.3) is 0 Å². The van der Waals surface area contributed by atoms with Crippen LogP contribution < -0.4 is 0 Å². The van der Waals surface area contributed by atoms with Gasteiger partial charge < -0.3 is 9.67 Å². The number of rotatable bonds is 4. The molecular formula is C16H22N2O2. The SMILES string of the molecule is O=C(O)CCc1cn(C2C3CC4CC(C3)CC2C4)cn1. The van der Waals surface area contributed by atoms with E-state index in [1.165, 1.54) is 32.1 Å². The third-order valence-corrected chi connectivity index (χ3v) is 5.77. The van der Waals surface area contributed by atoms with Crippen molar-refractivity contribution < 1.29 is 9.90 Å². The van der Waals surface area contributed by atoms with E-state index in [-0.39, 0.29) is 6.42 Å². The van der Waals surface area contributed by atoms with Gasteiger partial charge in [0.2, 0.25) is 0 Å². The Hall–Kier alpha value is -1.32. The second-order valence-corrected chi connectivity index (χ2v) is 7.13. The quantitative estimate of drug-likeness (QED) is 0.918. The van der Waals surface area contributed by atoms with Crippen LogP contribution in [0, 0.1) is 23.7 Å². The number of imidazole rings is 1. The van der Waals surface area contributed by atoms with Gasteiger partial charge in [0.15, 0.2) is 0 Å². The van der Waals surface area contributed by atoms with Crippen molar-refractivity contribution >= 4 is 5.97 Å². The molecule has 5 rings (SSSR count). The first-order valence-corrected chi connectivity index (χ1v) is 7.93. The fourth-order valence-electron chi connectivity index (χ4n) is 5.29. The van der Waals surface area contributed by atoms with Crippen LogP contribution in [0.2, 0.25) is 0 Å². The molecule has 20 heavy (non-hydrogen) atoms. The molecule has 0 aliphatic heterocycles. The number of aryl methyl sites for hydroxylation is 1. The summed E-state index contributed by atoms with van der Waals surface area (Å²) in [4.78, 5) is 15.1. The average molecular weight is 274 g/mol. The van der Waals surface area contributed by atoms with Crippen LogP contribution in [-0.2, 0) is 11.2 Å². The van der Waals surface area contributed by atoms with E-state index in [9.17, 15) is 4.79 Å². The first-order valence-electron chi connectivity index (χ1n) is 7.93. The maximum atomic E-state index is 10.6. The summed E-state index contributed by atoms with van der Waals surface area (Å²) in [7, 11) is 0. The summed E-state index contributed by atoms with van der Waals surface area (Å²) >= 11 is 0. The predicted molar refractivity (Wildman–Crippen MR) is 74.3 cm³/mol. The number of hydrogen-bond donors (Lipinski definition) is 1. The lowest BCUT2D eigenvalue weighted by Gasteiger charge is -2.54. The summed E-state index contributed by atoms with van der Waals surface area (Å²) in [6, 6.07) is 0.633. The van der Waals surface area contributed by atoms with Crippen LogP contribution in [0.4, 0.5) is 0 Å². The Labute approximate surface area is 119 Å². The molecule has 1 aromatic rings. The summed E-state index contributed by atoms with van der Waals surface area (Å²) in [5.41, 5.74) is 0.932. The molecule has 0 radical (unpaired) electrons. The third kappa shape index (κ3) is 2.05. The lowest BCUT2D eigenvalue weighted by atomic mass is 9.54. The summed E-state index contributed by atoms with van der Waals surface area (Å²) in [5, 5.41) is 8.76. The number of aliphatic carboxylic acids is 1. The van der Waals surface area contributed by atoms with E-state index in [1.807, 2.05) is 6.33 Å². The lowest BCUT2D eigenvalue weighted by Crippen LogP contribution is -2.45. The molecule has 4 saturated carbocycles. The van der Waals surface area contributed by atoms with Crippen molar-refractivity contribution in [2.24, 2.45) is 23.7 Å². The van der Waals surface area contributed by atoms with Crippen molar-refractivity contribution in [2.75, 3.05) is 0 Å². The van der Waals surface area contributed by atoms with Crippen molar-refractivity contribution in [1.82, 2.24) is 9.55 Å². The number of carboxylic acids is 1. The van der Waals surface area contributed by atoms with Crippen molar-refractivity contribution in [3.05, 3.63) is 18.2 Å². The van der Waals surface area contributed by atoms with Gasteiger partial charge in [-0.3, -0.25) is 4.79 Å². The largest absolute Gasteiger partial charge is 0.481 e. The number of carboxylic acid groups (broad SMARTS) is 1. The molecule has 4 aliphatic carbocycles. The van der Waals surface area contributed by atoms with E-state index in [0.29, 0.717) is 12.5 Å². The number of nitrogens with zero attached hydrogens (tertiary/aromatic N) is 2. The highest BCUT2D eigenvalue weighted by Gasteiger charge is 2.48. The Morgan fingerprint density at radius 2 is 1.85 bits per heavy atom. The molecule has 0 amide bonds. The summed E-state index contributed by atoms with van der Waals surface area (Å²) in [6.45, 7) is 0. The topological polar surface area (TPSA) is 55.1 Å². The van der Waals surface area contributed by atoms with Crippen LogP contribution >= 0.6 is 0 Å². The average Bonchev–Trinajstić information content (AvgIpc) is 2.83. The third-order valence-electron chi connectivity index (χ3n) is 5.77. The highest BCUT2D eigenvalue weighted by atomic mass is 16.4. The van der Waals surface area contributed by atoms with E-state index >= 15 is 0 Å². The molecule has 4 heteroatoms. The molecule has 4 nitrogen and oxygen atoms in total. The minimum Gasteiger partial charge on any atom is -0.481 e. The second kappa shape index (κ2) is 4.61. The molecule has 4 bridgehead atoms. The molecule has 0 atom stereocenters. The van der Waals surface area contributed by atoms with E-state index in [1.54, 1.807) is 0 Å².